The summed E-state index contributed by atoms with van der Waals surface area (Å²) in [6.07, 6.45) is 1.08. The van der Waals surface area contributed by atoms with E-state index in [1.54, 1.807) is 0 Å². The lowest BCUT2D eigenvalue weighted by Gasteiger charge is -2.09. The summed E-state index contributed by atoms with van der Waals surface area (Å²) in [5, 5.41) is 6.68. The molecule has 1 aliphatic rings. The molecule has 0 bridgehead atoms. The monoisotopic (exact) mass is 206 g/mol. The van der Waals surface area contributed by atoms with Gasteiger partial charge in [-0.15, -0.1) is 0 Å². The second-order valence-corrected chi connectivity index (χ2v) is 3.86. The van der Waals surface area contributed by atoms with Crippen molar-refractivity contribution < 1.29 is 4.74 Å². The zero-order valence-electron chi connectivity index (χ0n) is 9.34. The van der Waals surface area contributed by atoms with Crippen LogP contribution in [0.25, 0.3) is 0 Å². The summed E-state index contributed by atoms with van der Waals surface area (Å²) in [6.45, 7) is 3.74. The van der Waals surface area contributed by atoms with Crippen LogP contribution in [0.5, 0.6) is 5.75 Å². The standard InChI is InChI=1S/C12H18N2O/c1-3-15-11-4-5-12-9(7-11)6-10(14-12)8-13-2/h4-5,7,10,13-14H,3,6,8H2,1-2H3. The number of hydrogen-bond acceptors (Lipinski definition) is 3. The highest BCUT2D eigenvalue weighted by molar-refractivity contribution is 5.59. The first-order valence-corrected chi connectivity index (χ1v) is 5.50. The van der Waals surface area contributed by atoms with Crippen molar-refractivity contribution in [3.8, 4) is 5.75 Å². The SMILES string of the molecule is CCOc1ccc2c(c1)CC(CNC)N2. The summed E-state index contributed by atoms with van der Waals surface area (Å²) in [7, 11) is 1.98. The normalized spacial score (nSPS) is 18.4. The largest absolute Gasteiger partial charge is 0.494 e. The number of nitrogens with one attached hydrogen (secondary N) is 2. The summed E-state index contributed by atoms with van der Waals surface area (Å²) >= 11 is 0. The summed E-state index contributed by atoms with van der Waals surface area (Å²) in [6, 6.07) is 6.79. The van der Waals surface area contributed by atoms with Crippen molar-refractivity contribution >= 4 is 5.69 Å². The molecule has 1 aliphatic heterocycles. The third kappa shape index (κ3) is 2.23. The van der Waals surface area contributed by atoms with Gasteiger partial charge in [0.05, 0.1) is 6.61 Å². The second kappa shape index (κ2) is 4.53. The van der Waals surface area contributed by atoms with Gasteiger partial charge >= 0.3 is 0 Å². The van der Waals surface area contributed by atoms with E-state index in [-0.39, 0.29) is 0 Å². The molecule has 0 fully saturated rings. The lowest BCUT2D eigenvalue weighted by molar-refractivity contribution is 0.340. The summed E-state index contributed by atoms with van der Waals surface area (Å²) < 4.78 is 5.48. The molecule has 1 aromatic carbocycles. The number of fused-ring (bicyclic) bond motifs is 1. The van der Waals surface area contributed by atoms with Gasteiger partial charge in [0, 0.05) is 18.3 Å². The van der Waals surface area contributed by atoms with Crippen LogP contribution in [0.3, 0.4) is 0 Å². The molecule has 0 radical (unpaired) electrons. The fourth-order valence-corrected chi connectivity index (χ4v) is 2.04. The van der Waals surface area contributed by atoms with Gasteiger partial charge in [-0.25, -0.2) is 0 Å². The Labute approximate surface area is 90.8 Å². The van der Waals surface area contributed by atoms with Crippen LogP contribution in [0.15, 0.2) is 18.2 Å². The minimum Gasteiger partial charge on any atom is -0.494 e. The second-order valence-electron chi connectivity index (χ2n) is 3.86. The average molecular weight is 206 g/mol. The first kappa shape index (κ1) is 10.3. The van der Waals surface area contributed by atoms with Crippen LogP contribution >= 0.6 is 0 Å². The topological polar surface area (TPSA) is 33.3 Å². The zero-order valence-corrected chi connectivity index (χ0v) is 9.34. The van der Waals surface area contributed by atoms with Gasteiger partial charge in [-0.2, -0.15) is 0 Å². The van der Waals surface area contributed by atoms with Crippen molar-refractivity contribution in [2.45, 2.75) is 19.4 Å². The van der Waals surface area contributed by atoms with Crippen LogP contribution in [0.1, 0.15) is 12.5 Å². The number of likely N-dealkylation sites (N-methyl/N-ethyl adjacent to an activating group) is 1. The predicted octanol–water partition coefficient (Wildman–Crippen LogP) is 1.64. The highest BCUT2D eigenvalue weighted by Crippen LogP contribution is 2.29. The minimum atomic E-state index is 0.516. The highest BCUT2D eigenvalue weighted by atomic mass is 16.5. The van der Waals surface area contributed by atoms with Gasteiger partial charge in [0.25, 0.3) is 0 Å². The molecular weight excluding hydrogens is 188 g/mol. The molecule has 1 unspecified atom stereocenters. The molecule has 0 saturated heterocycles. The molecule has 0 aliphatic carbocycles. The molecule has 1 heterocycles. The summed E-state index contributed by atoms with van der Waals surface area (Å²) in [5.74, 6) is 0.975. The Morgan fingerprint density at radius 3 is 3.13 bits per heavy atom. The maximum atomic E-state index is 5.48. The molecule has 2 N–H and O–H groups in total. The Morgan fingerprint density at radius 2 is 2.40 bits per heavy atom. The van der Waals surface area contributed by atoms with Gasteiger partial charge in [0.2, 0.25) is 0 Å². The first-order chi connectivity index (χ1) is 7.33. The van der Waals surface area contributed by atoms with Crippen molar-refractivity contribution in [3.63, 3.8) is 0 Å². The predicted molar refractivity (Wildman–Crippen MR) is 62.7 cm³/mol. The number of ether oxygens (including phenoxy) is 1. The van der Waals surface area contributed by atoms with E-state index in [2.05, 4.69) is 22.8 Å². The van der Waals surface area contributed by atoms with E-state index in [0.29, 0.717) is 6.04 Å². The van der Waals surface area contributed by atoms with E-state index in [9.17, 15) is 0 Å². The fraction of sp³-hybridized carbons (Fsp3) is 0.500. The Bertz CT molecular complexity index is 338. The van der Waals surface area contributed by atoms with Crippen molar-refractivity contribution in [3.05, 3.63) is 23.8 Å². The van der Waals surface area contributed by atoms with Crippen LogP contribution in [0.2, 0.25) is 0 Å². The van der Waals surface area contributed by atoms with Gasteiger partial charge in [-0.3, -0.25) is 0 Å². The number of anilines is 1. The maximum Gasteiger partial charge on any atom is 0.119 e. The third-order valence-corrected chi connectivity index (χ3v) is 2.66. The molecule has 0 saturated carbocycles. The quantitative estimate of drug-likeness (QED) is 0.785. The van der Waals surface area contributed by atoms with Gasteiger partial charge in [-0.1, -0.05) is 0 Å². The Morgan fingerprint density at radius 1 is 1.53 bits per heavy atom. The number of rotatable bonds is 4. The zero-order chi connectivity index (χ0) is 10.7. The van der Waals surface area contributed by atoms with Crippen molar-refractivity contribution in [2.24, 2.45) is 0 Å². The minimum absolute atomic E-state index is 0.516. The number of benzene rings is 1. The number of hydrogen-bond donors (Lipinski definition) is 2. The van der Waals surface area contributed by atoms with Crippen molar-refractivity contribution in [1.82, 2.24) is 5.32 Å². The molecule has 82 valence electrons. The Balaban J connectivity index is 2.09. The van der Waals surface area contributed by atoms with E-state index < -0.39 is 0 Å². The van der Waals surface area contributed by atoms with Gasteiger partial charge in [0.1, 0.15) is 5.75 Å². The fourth-order valence-electron chi connectivity index (χ4n) is 2.04. The van der Waals surface area contributed by atoms with Gasteiger partial charge in [-0.05, 0) is 44.2 Å². The molecule has 1 atom stereocenters. The average Bonchev–Trinajstić information content (AvgIpc) is 2.60. The molecule has 3 heteroatoms. The van der Waals surface area contributed by atoms with Gasteiger partial charge in [0.15, 0.2) is 0 Å². The van der Waals surface area contributed by atoms with E-state index >= 15 is 0 Å². The summed E-state index contributed by atoms with van der Waals surface area (Å²) in [4.78, 5) is 0. The molecule has 2 rings (SSSR count). The van der Waals surface area contributed by atoms with Crippen molar-refractivity contribution in [2.75, 3.05) is 25.5 Å². The van der Waals surface area contributed by atoms with Crippen LogP contribution in [0, 0.1) is 0 Å². The summed E-state index contributed by atoms with van der Waals surface area (Å²) in [5.41, 5.74) is 2.61. The van der Waals surface area contributed by atoms with E-state index in [4.69, 9.17) is 4.74 Å². The third-order valence-electron chi connectivity index (χ3n) is 2.66. The molecule has 0 aromatic heterocycles. The van der Waals surface area contributed by atoms with Gasteiger partial charge < -0.3 is 15.4 Å². The van der Waals surface area contributed by atoms with E-state index in [0.717, 1.165) is 25.3 Å². The molecule has 0 amide bonds. The smallest absolute Gasteiger partial charge is 0.119 e. The molecule has 0 spiro atoms. The lowest BCUT2D eigenvalue weighted by Crippen LogP contribution is -2.28. The molecule has 1 aromatic rings. The molecule has 15 heavy (non-hydrogen) atoms. The van der Waals surface area contributed by atoms with Crippen LogP contribution < -0.4 is 15.4 Å². The van der Waals surface area contributed by atoms with Crippen molar-refractivity contribution in [1.29, 1.82) is 0 Å². The highest BCUT2D eigenvalue weighted by Gasteiger charge is 2.19. The Kier molecular flexibility index (Phi) is 3.11. The van der Waals surface area contributed by atoms with Crippen LogP contribution in [-0.2, 0) is 6.42 Å². The lowest BCUT2D eigenvalue weighted by atomic mass is 10.1. The molecule has 3 nitrogen and oxygen atoms in total. The first-order valence-electron chi connectivity index (χ1n) is 5.50. The maximum absolute atomic E-state index is 5.48. The van der Waals surface area contributed by atoms with Crippen LogP contribution in [-0.4, -0.2) is 26.2 Å². The molecular formula is C12H18N2O. The van der Waals surface area contributed by atoms with Crippen LogP contribution in [0.4, 0.5) is 5.69 Å². The van der Waals surface area contributed by atoms with E-state index in [1.165, 1.54) is 11.3 Å². The van der Waals surface area contributed by atoms with E-state index in [1.807, 2.05) is 20.0 Å². The Hall–Kier alpha value is -1.22.